The van der Waals surface area contributed by atoms with E-state index in [1.807, 2.05) is 0 Å². The van der Waals surface area contributed by atoms with Crippen molar-refractivity contribution in [3.8, 4) is 5.75 Å². The average Bonchev–Trinajstić information content (AvgIpc) is 2.08. The van der Waals surface area contributed by atoms with Crippen molar-refractivity contribution in [2.24, 2.45) is 0 Å². The summed E-state index contributed by atoms with van der Waals surface area (Å²) in [4.78, 5) is 0. The minimum atomic E-state index is -2.16. The second-order valence-electron chi connectivity index (χ2n) is 2.72. The number of nitrogens with two attached hydrogens (primary N) is 1. The first-order valence-electron chi connectivity index (χ1n) is 3.69. The Kier molecular flexibility index (Phi) is 2.90. The third-order valence-electron chi connectivity index (χ3n) is 1.81. The van der Waals surface area contributed by atoms with E-state index in [0.29, 0.717) is 5.56 Å². The van der Waals surface area contributed by atoms with Crippen LogP contribution in [-0.4, -0.2) is 13.9 Å². The van der Waals surface area contributed by atoms with E-state index in [1.54, 1.807) is 6.92 Å². The number of hydrogen-bond acceptors (Lipinski definition) is 4. The number of phenols is 1. The fourth-order valence-electron chi connectivity index (χ4n) is 0.937. The number of nitrogen functional groups attached to an aromatic ring is 1. The van der Waals surface area contributed by atoms with Crippen LogP contribution in [0.1, 0.15) is 17.7 Å². The van der Waals surface area contributed by atoms with Crippen LogP contribution in [-0.2, 0) is 11.1 Å². The molecule has 0 fully saturated rings. The molecule has 4 nitrogen and oxygen atoms in total. The van der Waals surface area contributed by atoms with Crippen molar-refractivity contribution >= 4 is 16.8 Å². The van der Waals surface area contributed by atoms with E-state index in [1.165, 1.54) is 18.2 Å². The highest BCUT2D eigenvalue weighted by atomic mass is 32.2. The summed E-state index contributed by atoms with van der Waals surface area (Å²) in [5, 5.41) is 8.48. The predicted molar refractivity (Wildman–Crippen MR) is 49.9 cm³/mol. The minimum Gasteiger partial charge on any atom is -0.772 e. The standard InChI is InChI=1S/C8H11NO3S/c1-5(13(11)12)6-2-3-8(10)7(9)4-6/h2-5,10H,9H2,1H3,(H,11,12)/p-1. The Bertz CT molecular complexity index is 340. The molecular formula is C8H10NO3S-. The molecule has 0 aromatic heterocycles. The van der Waals surface area contributed by atoms with Gasteiger partial charge in [0.2, 0.25) is 0 Å². The number of aromatic hydroxyl groups is 1. The summed E-state index contributed by atoms with van der Waals surface area (Å²) in [6.07, 6.45) is 0. The molecule has 0 bridgehead atoms. The summed E-state index contributed by atoms with van der Waals surface area (Å²) >= 11 is -2.16. The van der Waals surface area contributed by atoms with Crippen LogP contribution in [0.2, 0.25) is 0 Å². The summed E-state index contributed by atoms with van der Waals surface area (Å²) in [7, 11) is 0. The van der Waals surface area contributed by atoms with Crippen molar-refractivity contribution in [3.05, 3.63) is 23.8 Å². The van der Waals surface area contributed by atoms with Crippen molar-refractivity contribution in [1.29, 1.82) is 0 Å². The Labute approximate surface area is 78.7 Å². The molecule has 72 valence electrons. The molecule has 0 saturated carbocycles. The third kappa shape index (κ3) is 2.19. The lowest BCUT2D eigenvalue weighted by Crippen LogP contribution is -2.01. The Morgan fingerprint density at radius 1 is 1.62 bits per heavy atom. The van der Waals surface area contributed by atoms with Crippen LogP contribution >= 0.6 is 0 Å². The molecule has 0 saturated heterocycles. The van der Waals surface area contributed by atoms with Gasteiger partial charge < -0.3 is 15.4 Å². The van der Waals surface area contributed by atoms with Crippen LogP contribution < -0.4 is 5.73 Å². The van der Waals surface area contributed by atoms with Gasteiger partial charge in [0.25, 0.3) is 0 Å². The summed E-state index contributed by atoms with van der Waals surface area (Å²) < 4.78 is 21.2. The van der Waals surface area contributed by atoms with Crippen LogP contribution in [0.15, 0.2) is 18.2 Å². The maximum absolute atomic E-state index is 10.6. The van der Waals surface area contributed by atoms with Crippen LogP contribution in [0, 0.1) is 0 Å². The molecule has 0 aliphatic heterocycles. The molecule has 0 amide bonds. The highest BCUT2D eigenvalue weighted by Gasteiger charge is 2.07. The predicted octanol–water partition coefficient (Wildman–Crippen LogP) is 0.915. The topological polar surface area (TPSA) is 86.4 Å². The minimum absolute atomic E-state index is 0.0346. The first-order valence-corrected chi connectivity index (χ1v) is 4.82. The average molecular weight is 200 g/mol. The highest BCUT2D eigenvalue weighted by molar-refractivity contribution is 7.79. The van der Waals surface area contributed by atoms with E-state index in [9.17, 15) is 8.76 Å². The number of rotatable bonds is 2. The fraction of sp³-hybridized carbons (Fsp3) is 0.250. The molecule has 13 heavy (non-hydrogen) atoms. The number of anilines is 1. The molecule has 2 atom stereocenters. The maximum atomic E-state index is 10.6. The van der Waals surface area contributed by atoms with Gasteiger partial charge in [0.15, 0.2) is 0 Å². The Balaban J connectivity index is 3.03. The van der Waals surface area contributed by atoms with E-state index < -0.39 is 16.3 Å². The van der Waals surface area contributed by atoms with Crippen molar-refractivity contribution in [2.45, 2.75) is 12.2 Å². The van der Waals surface area contributed by atoms with Gasteiger partial charge in [0.05, 0.1) is 5.69 Å². The summed E-state index contributed by atoms with van der Waals surface area (Å²) in [6.45, 7) is 1.55. The van der Waals surface area contributed by atoms with E-state index in [4.69, 9.17) is 10.8 Å². The SMILES string of the molecule is CC(c1ccc(O)c(N)c1)S(=O)[O-]. The molecule has 0 radical (unpaired) electrons. The lowest BCUT2D eigenvalue weighted by Gasteiger charge is -2.15. The molecule has 0 aliphatic rings. The van der Waals surface area contributed by atoms with Crippen molar-refractivity contribution in [1.82, 2.24) is 0 Å². The molecule has 0 heterocycles. The first-order chi connectivity index (χ1) is 6.02. The summed E-state index contributed by atoms with van der Waals surface area (Å²) in [6, 6.07) is 4.37. The van der Waals surface area contributed by atoms with Gasteiger partial charge in [-0.05, 0) is 35.7 Å². The van der Waals surface area contributed by atoms with Gasteiger partial charge in [0, 0.05) is 5.25 Å². The lowest BCUT2D eigenvalue weighted by atomic mass is 10.1. The third-order valence-corrected chi connectivity index (χ3v) is 2.66. The quantitative estimate of drug-likeness (QED) is 0.422. The zero-order valence-electron chi connectivity index (χ0n) is 7.06. The Morgan fingerprint density at radius 3 is 2.69 bits per heavy atom. The Hall–Kier alpha value is -1.07. The van der Waals surface area contributed by atoms with Gasteiger partial charge in [0.1, 0.15) is 5.75 Å². The molecule has 1 aromatic rings. The highest BCUT2D eigenvalue weighted by Crippen LogP contribution is 2.26. The van der Waals surface area contributed by atoms with Gasteiger partial charge in [-0.25, -0.2) is 0 Å². The van der Waals surface area contributed by atoms with Crippen molar-refractivity contribution < 1.29 is 13.9 Å². The van der Waals surface area contributed by atoms with E-state index in [0.717, 1.165) is 0 Å². The number of phenolic OH excluding ortho intramolecular Hbond substituents is 1. The van der Waals surface area contributed by atoms with Gasteiger partial charge in [-0.3, -0.25) is 4.21 Å². The monoisotopic (exact) mass is 200 g/mol. The molecule has 1 aromatic carbocycles. The second kappa shape index (κ2) is 3.76. The van der Waals surface area contributed by atoms with Crippen LogP contribution in [0.4, 0.5) is 5.69 Å². The molecule has 2 unspecified atom stereocenters. The lowest BCUT2D eigenvalue weighted by molar-refractivity contribution is 0.477. The first kappa shape index (κ1) is 10.0. The largest absolute Gasteiger partial charge is 0.772 e. The van der Waals surface area contributed by atoms with Gasteiger partial charge in [-0.2, -0.15) is 0 Å². The summed E-state index contributed by atoms with van der Waals surface area (Å²) in [5.41, 5.74) is 6.17. The van der Waals surface area contributed by atoms with E-state index >= 15 is 0 Å². The van der Waals surface area contributed by atoms with Gasteiger partial charge >= 0.3 is 0 Å². The van der Waals surface area contributed by atoms with Gasteiger partial charge in [-0.15, -0.1) is 0 Å². The van der Waals surface area contributed by atoms with Crippen LogP contribution in [0.25, 0.3) is 0 Å². The van der Waals surface area contributed by atoms with E-state index in [-0.39, 0.29) is 11.4 Å². The van der Waals surface area contributed by atoms with Crippen molar-refractivity contribution in [3.63, 3.8) is 0 Å². The normalized spacial score (nSPS) is 15.2. The van der Waals surface area contributed by atoms with Crippen LogP contribution in [0.3, 0.4) is 0 Å². The summed E-state index contributed by atoms with van der Waals surface area (Å²) in [5.74, 6) is -0.0346. The molecule has 0 spiro atoms. The zero-order valence-corrected chi connectivity index (χ0v) is 7.88. The number of benzene rings is 1. The fourth-order valence-corrected chi connectivity index (χ4v) is 1.31. The number of hydrogen-bond donors (Lipinski definition) is 2. The molecule has 0 aliphatic carbocycles. The Morgan fingerprint density at radius 2 is 2.23 bits per heavy atom. The molecule has 3 N–H and O–H groups in total. The maximum Gasteiger partial charge on any atom is 0.138 e. The van der Waals surface area contributed by atoms with Gasteiger partial charge in [-0.1, -0.05) is 6.07 Å². The van der Waals surface area contributed by atoms with Crippen LogP contribution in [0.5, 0.6) is 5.75 Å². The molecular weight excluding hydrogens is 190 g/mol. The smallest absolute Gasteiger partial charge is 0.138 e. The van der Waals surface area contributed by atoms with E-state index in [2.05, 4.69) is 0 Å². The second-order valence-corrected chi connectivity index (χ2v) is 3.95. The molecule has 1 rings (SSSR count). The molecule has 5 heteroatoms. The van der Waals surface area contributed by atoms with Crippen molar-refractivity contribution in [2.75, 3.05) is 5.73 Å². The zero-order chi connectivity index (χ0) is 10.0.